The molecule has 0 aromatic carbocycles. The van der Waals surface area contributed by atoms with Crippen LogP contribution in [0, 0.1) is 0 Å². The lowest BCUT2D eigenvalue weighted by Gasteiger charge is -2.21. The molecule has 0 spiro atoms. The monoisotopic (exact) mass is 436 g/mol. The average molecular weight is 436 g/mol. The number of hydrogen-bond acceptors (Lipinski definition) is 8. The van der Waals surface area contributed by atoms with Crippen LogP contribution in [0.2, 0.25) is 0 Å². The van der Waals surface area contributed by atoms with Crippen molar-refractivity contribution in [2.24, 2.45) is 0 Å². The summed E-state index contributed by atoms with van der Waals surface area (Å²) in [4.78, 5) is 15.8. The number of nitrogens with zero attached hydrogens (tertiary/aromatic N) is 6. The van der Waals surface area contributed by atoms with Gasteiger partial charge in [-0.3, -0.25) is 4.68 Å². The standard InChI is InChI=1S/C19H23F3N8O/c20-19(21,22)13-31-11-10-30-16-14(12-25-30)26-18(29-8-3-5-23-7-9-29)28-17(16)27-15-4-1-2-6-24-15/h1-2,4,6,12,23H,3,5,7-11,13H2,(H,24,26,27,28). The maximum absolute atomic E-state index is 12.3. The van der Waals surface area contributed by atoms with Crippen molar-refractivity contribution in [3.63, 3.8) is 0 Å². The molecule has 0 radical (unpaired) electrons. The minimum absolute atomic E-state index is 0.132. The molecule has 2 N–H and O–H groups in total. The molecule has 0 aliphatic carbocycles. The summed E-state index contributed by atoms with van der Waals surface area (Å²) in [5.41, 5.74) is 1.18. The number of alkyl halides is 3. The quantitative estimate of drug-likeness (QED) is 0.546. The fourth-order valence-electron chi connectivity index (χ4n) is 3.33. The average Bonchev–Trinajstić information content (AvgIpc) is 2.96. The lowest BCUT2D eigenvalue weighted by molar-refractivity contribution is -0.174. The first-order chi connectivity index (χ1) is 15.0. The van der Waals surface area contributed by atoms with Crippen LogP contribution in [0.4, 0.5) is 30.8 Å². The van der Waals surface area contributed by atoms with Gasteiger partial charge in [0.05, 0.1) is 19.3 Å². The van der Waals surface area contributed by atoms with Crippen LogP contribution < -0.4 is 15.5 Å². The van der Waals surface area contributed by atoms with Gasteiger partial charge in [0, 0.05) is 25.8 Å². The van der Waals surface area contributed by atoms with Crippen molar-refractivity contribution in [2.45, 2.75) is 19.1 Å². The van der Waals surface area contributed by atoms with Crippen molar-refractivity contribution in [1.82, 2.24) is 30.0 Å². The smallest absolute Gasteiger partial charge is 0.370 e. The Bertz CT molecular complexity index is 987. The highest BCUT2D eigenvalue weighted by Gasteiger charge is 2.27. The highest BCUT2D eigenvalue weighted by molar-refractivity contribution is 5.88. The number of rotatable bonds is 7. The van der Waals surface area contributed by atoms with Crippen molar-refractivity contribution in [3.05, 3.63) is 30.6 Å². The zero-order chi connectivity index (χ0) is 21.7. The third-order valence-corrected chi connectivity index (χ3v) is 4.72. The topological polar surface area (TPSA) is 93.0 Å². The zero-order valence-electron chi connectivity index (χ0n) is 16.8. The van der Waals surface area contributed by atoms with E-state index in [1.54, 1.807) is 29.2 Å². The van der Waals surface area contributed by atoms with E-state index < -0.39 is 12.8 Å². The molecular weight excluding hydrogens is 413 g/mol. The molecule has 31 heavy (non-hydrogen) atoms. The molecule has 4 heterocycles. The first kappa shape index (κ1) is 21.2. The van der Waals surface area contributed by atoms with Crippen LogP contribution in [-0.4, -0.2) is 70.3 Å². The van der Waals surface area contributed by atoms with Gasteiger partial charge in [-0.15, -0.1) is 0 Å². The van der Waals surface area contributed by atoms with Gasteiger partial charge in [-0.2, -0.15) is 23.3 Å². The van der Waals surface area contributed by atoms with Crippen LogP contribution in [-0.2, 0) is 11.3 Å². The molecule has 0 saturated carbocycles. The molecule has 3 aromatic heterocycles. The molecule has 0 atom stereocenters. The summed E-state index contributed by atoms with van der Waals surface area (Å²) in [6.07, 6.45) is -0.146. The molecule has 3 aromatic rings. The number of hydrogen-bond donors (Lipinski definition) is 2. The van der Waals surface area contributed by atoms with E-state index in [-0.39, 0.29) is 13.2 Å². The van der Waals surface area contributed by atoms with Crippen molar-refractivity contribution in [1.29, 1.82) is 0 Å². The van der Waals surface area contributed by atoms with E-state index in [0.29, 0.717) is 28.6 Å². The first-order valence-corrected chi connectivity index (χ1v) is 10.0. The summed E-state index contributed by atoms with van der Waals surface area (Å²) >= 11 is 0. The van der Waals surface area contributed by atoms with Gasteiger partial charge in [0.1, 0.15) is 23.5 Å². The lowest BCUT2D eigenvalue weighted by atomic mass is 10.3. The lowest BCUT2D eigenvalue weighted by Crippen LogP contribution is -2.29. The fraction of sp³-hybridized carbons (Fsp3) is 0.474. The summed E-state index contributed by atoms with van der Waals surface area (Å²) in [6.45, 7) is 2.06. The second-order valence-corrected chi connectivity index (χ2v) is 7.07. The normalized spacial score (nSPS) is 15.3. The van der Waals surface area contributed by atoms with E-state index in [9.17, 15) is 13.2 Å². The maximum atomic E-state index is 12.3. The van der Waals surface area contributed by atoms with Crippen LogP contribution >= 0.6 is 0 Å². The molecule has 9 nitrogen and oxygen atoms in total. The minimum Gasteiger partial charge on any atom is -0.370 e. The summed E-state index contributed by atoms with van der Waals surface area (Å²) in [5, 5.41) is 10.8. The Morgan fingerprint density at radius 3 is 2.87 bits per heavy atom. The zero-order valence-corrected chi connectivity index (χ0v) is 16.8. The Balaban J connectivity index is 1.63. The number of ether oxygens (including phenoxy) is 1. The van der Waals surface area contributed by atoms with Crippen LogP contribution in [0.5, 0.6) is 0 Å². The maximum Gasteiger partial charge on any atom is 0.411 e. The third kappa shape index (κ3) is 5.58. The summed E-state index contributed by atoms with van der Waals surface area (Å²) in [7, 11) is 0. The van der Waals surface area contributed by atoms with Gasteiger partial charge in [-0.25, -0.2) is 9.97 Å². The Hall–Kier alpha value is -2.99. The van der Waals surface area contributed by atoms with Crippen LogP contribution in [0.1, 0.15) is 6.42 Å². The Kier molecular flexibility index (Phi) is 6.47. The number of fused-ring (bicyclic) bond motifs is 1. The number of nitrogens with one attached hydrogen (secondary N) is 2. The summed E-state index contributed by atoms with van der Waals surface area (Å²) in [6, 6.07) is 5.45. The van der Waals surface area contributed by atoms with Gasteiger partial charge >= 0.3 is 6.18 Å². The van der Waals surface area contributed by atoms with E-state index in [1.807, 2.05) is 6.07 Å². The van der Waals surface area contributed by atoms with Crippen molar-refractivity contribution >= 4 is 28.6 Å². The number of halogens is 3. The van der Waals surface area contributed by atoms with E-state index in [4.69, 9.17) is 9.72 Å². The highest BCUT2D eigenvalue weighted by atomic mass is 19.4. The fourth-order valence-corrected chi connectivity index (χ4v) is 3.33. The van der Waals surface area contributed by atoms with Gasteiger partial charge in [-0.05, 0) is 25.1 Å². The molecular formula is C19H23F3N8O. The van der Waals surface area contributed by atoms with E-state index in [2.05, 4.69) is 30.6 Å². The molecule has 1 fully saturated rings. The minimum atomic E-state index is -4.36. The van der Waals surface area contributed by atoms with Gasteiger partial charge in [0.2, 0.25) is 5.95 Å². The number of aromatic nitrogens is 5. The summed E-state index contributed by atoms with van der Waals surface area (Å²) in [5.74, 6) is 1.65. The SMILES string of the molecule is FC(F)(F)COCCn1ncc2nc(N3CCCNCC3)nc(Nc3ccccn3)c21. The van der Waals surface area contributed by atoms with Crippen molar-refractivity contribution in [2.75, 3.05) is 49.6 Å². The predicted molar refractivity (Wildman–Crippen MR) is 109 cm³/mol. The Morgan fingerprint density at radius 2 is 2.06 bits per heavy atom. The van der Waals surface area contributed by atoms with Crippen LogP contribution in [0.3, 0.4) is 0 Å². The molecule has 1 aliphatic rings. The van der Waals surface area contributed by atoms with E-state index in [1.165, 1.54) is 0 Å². The second-order valence-electron chi connectivity index (χ2n) is 7.07. The first-order valence-electron chi connectivity index (χ1n) is 10.0. The summed E-state index contributed by atoms with van der Waals surface area (Å²) < 4.78 is 43.3. The van der Waals surface area contributed by atoms with Crippen LogP contribution in [0.15, 0.2) is 30.6 Å². The van der Waals surface area contributed by atoms with Crippen molar-refractivity contribution < 1.29 is 17.9 Å². The van der Waals surface area contributed by atoms with Gasteiger partial charge < -0.3 is 20.3 Å². The molecule has 12 heteroatoms. The highest BCUT2D eigenvalue weighted by Crippen LogP contribution is 2.26. The molecule has 4 rings (SSSR count). The molecule has 0 unspecified atom stereocenters. The molecule has 0 bridgehead atoms. The molecule has 1 aliphatic heterocycles. The van der Waals surface area contributed by atoms with Crippen LogP contribution in [0.25, 0.3) is 11.0 Å². The molecule has 0 amide bonds. The van der Waals surface area contributed by atoms with Gasteiger partial charge in [0.25, 0.3) is 0 Å². The predicted octanol–water partition coefficient (Wildman–Crippen LogP) is 2.34. The Labute approximate surface area is 176 Å². The molecule has 1 saturated heterocycles. The second kappa shape index (κ2) is 9.43. The Morgan fingerprint density at radius 1 is 1.16 bits per heavy atom. The van der Waals surface area contributed by atoms with E-state index in [0.717, 1.165) is 32.6 Å². The van der Waals surface area contributed by atoms with Gasteiger partial charge in [0.15, 0.2) is 5.82 Å². The van der Waals surface area contributed by atoms with E-state index >= 15 is 0 Å². The third-order valence-electron chi connectivity index (χ3n) is 4.72. The largest absolute Gasteiger partial charge is 0.411 e. The number of anilines is 3. The van der Waals surface area contributed by atoms with Gasteiger partial charge in [-0.1, -0.05) is 6.07 Å². The molecule has 166 valence electrons. The van der Waals surface area contributed by atoms with Crippen molar-refractivity contribution in [3.8, 4) is 0 Å². The number of pyridine rings is 1.